The topological polar surface area (TPSA) is 94.1 Å². The van der Waals surface area contributed by atoms with Gasteiger partial charge in [0, 0.05) is 6.07 Å². The SMILES string of the molecule is Nc1cc([N+](=O)[O-])cc(Nc2c(F)c(F)cc(F)c2F)n1. The highest BCUT2D eigenvalue weighted by Gasteiger charge is 2.20. The highest BCUT2D eigenvalue weighted by atomic mass is 19.2. The van der Waals surface area contributed by atoms with Gasteiger partial charge in [0.2, 0.25) is 0 Å². The Morgan fingerprint density at radius 2 is 1.67 bits per heavy atom. The minimum atomic E-state index is -1.69. The summed E-state index contributed by atoms with van der Waals surface area (Å²) in [5, 5.41) is 12.6. The van der Waals surface area contributed by atoms with Crippen LogP contribution >= 0.6 is 0 Å². The third kappa shape index (κ3) is 2.83. The summed E-state index contributed by atoms with van der Waals surface area (Å²) < 4.78 is 53.0. The third-order valence-electron chi connectivity index (χ3n) is 2.41. The number of nitrogens with two attached hydrogens (primary N) is 1. The zero-order valence-electron chi connectivity index (χ0n) is 10.0. The number of nitrogens with zero attached hydrogens (tertiary/aromatic N) is 2. The van der Waals surface area contributed by atoms with Crippen LogP contribution in [0, 0.1) is 33.4 Å². The molecule has 2 rings (SSSR count). The van der Waals surface area contributed by atoms with Crippen molar-refractivity contribution in [1.82, 2.24) is 4.98 Å². The Morgan fingerprint density at radius 3 is 2.19 bits per heavy atom. The second-order valence-corrected chi connectivity index (χ2v) is 3.86. The van der Waals surface area contributed by atoms with E-state index in [1.165, 1.54) is 0 Å². The zero-order valence-corrected chi connectivity index (χ0v) is 10.0. The highest BCUT2D eigenvalue weighted by Crippen LogP contribution is 2.28. The number of hydrogen-bond acceptors (Lipinski definition) is 5. The molecule has 1 aromatic carbocycles. The number of nitrogens with one attached hydrogen (secondary N) is 1. The summed E-state index contributed by atoms with van der Waals surface area (Å²) in [5.74, 6) is -7.40. The molecule has 0 atom stereocenters. The molecule has 0 unspecified atom stereocenters. The number of nitro groups is 1. The van der Waals surface area contributed by atoms with Crippen molar-refractivity contribution in [2.24, 2.45) is 0 Å². The van der Waals surface area contributed by atoms with Crippen LogP contribution in [0.15, 0.2) is 18.2 Å². The van der Waals surface area contributed by atoms with Crippen LogP contribution in [0.1, 0.15) is 0 Å². The number of hydrogen-bond donors (Lipinski definition) is 2. The molecular formula is C11H6F4N4O2. The minimum Gasteiger partial charge on any atom is -0.383 e. The fourth-order valence-corrected chi connectivity index (χ4v) is 1.52. The van der Waals surface area contributed by atoms with Gasteiger partial charge in [-0.25, -0.2) is 22.5 Å². The van der Waals surface area contributed by atoms with E-state index in [4.69, 9.17) is 5.73 Å². The van der Waals surface area contributed by atoms with Crippen LogP contribution in [-0.4, -0.2) is 9.91 Å². The van der Waals surface area contributed by atoms with Gasteiger partial charge in [-0.2, -0.15) is 0 Å². The van der Waals surface area contributed by atoms with Crippen molar-refractivity contribution in [3.05, 3.63) is 51.6 Å². The number of nitrogen functional groups attached to an aromatic ring is 1. The summed E-state index contributed by atoms with van der Waals surface area (Å²) in [6.45, 7) is 0. The first-order chi connectivity index (χ1) is 9.79. The first-order valence-corrected chi connectivity index (χ1v) is 5.31. The van der Waals surface area contributed by atoms with E-state index in [2.05, 4.69) is 4.98 Å². The molecule has 0 saturated heterocycles. The van der Waals surface area contributed by atoms with Gasteiger partial charge in [0.05, 0.1) is 17.1 Å². The van der Waals surface area contributed by atoms with Gasteiger partial charge in [-0.1, -0.05) is 0 Å². The number of benzene rings is 1. The predicted molar refractivity (Wildman–Crippen MR) is 64.9 cm³/mol. The van der Waals surface area contributed by atoms with E-state index >= 15 is 0 Å². The molecule has 110 valence electrons. The van der Waals surface area contributed by atoms with E-state index in [1.807, 2.05) is 5.32 Å². The molecule has 0 fully saturated rings. The molecular weight excluding hydrogens is 296 g/mol. The largest absolute Gasteiger partial charge is 0.383 e. The maximum atomic E-state index is 13.5. The molecule has 2 aromatic rings. The van der Waals surface area contributed by atoms with Crippen molar-refractivity contribution in [2.75, 3.05) is 11.1 Å². The quantitative estimate of drug-likeness (QED) is 0.393. The van der Waals surface area contributed by atoms with E-state index in [9.17, 15) is 27.7 Å². The van der Waals surface area contributed by atoms with Crippen LogP contribution in [0.2, 0.25) is 0 Å². The van der Waals surface area contributed by atoms with Crippen LogP contribution in [0.5, 0.6) is 0 Å². The monoisotopic (exact) mass is 302 g/mol. The summed E-state index contributed by atoms with van der Waals surface area (Å²) in [4.78, 5) is 13.3. The molecule has 6 nitrogen and oxygen atoms in total. The van der Waals surface area contributed by atoms with Crippen molar-refractivity contribution in [3.8, 4) is 0 Å². The van der Waals surface area contributed by atoms with Crippen LogP contribution in [0.4, 0.5) is 40.6 Å². The van der Waals surface area contributed by atoms with Gasteiger partial charge >= 0.3 is 0 Å². The van der Waals surface area contributed by atoms with Crippen LogP contribution < -0.4 is 11.1 Å². The van der Waals surface area contributed by atoms with Gasteiger partial charge < -0.3 is 11.1 Å². The molecule has 0 bridgehead atoms. The van der Waals surface area contributed by atoms with Gasteiger partial charge in [0.1, 0.15) is 17.3 Å². The molecule has 0 aliphatic rings. The van der Waals surface area contributed by atoms with Crippen molar-refractivity contribution in [3.63, 3.8) is 0 Å². The minimum absolute atomic E-state index is 0.0328. The number of aromatic nitrogens is 1. The van der Waals surface area contributed by atoms with Crippen molar-refractivity contribution in [2.45, 2.75) is 0 Å². The summed E-state index contributed by atoms with van der Waals surface area (Å²) in [6.07, 6.45) is 0. The number of anilines is 3. The fraction of sp³-hybridized carbons (Fsp3) is 0. The van der Waals surface area contributed by atoms with E-state index in [0.717, 1.165) is 12.1 Å². The van der Waals surface area contributed by atoms with E-state index < -0.39 is 45.4 Å². The average molecular weight is 302 g/mol. The Kier molecular flexibility index (Phi) is 3.61. The average Bonchev–Trinajstić information content (AvgIpc) is 2.41. The van der Waals surface area contributed by atoms with Gasteiger partial charge in [-0.05, 0) is 0 Å². The molecule has 0 aliphatic heterocycles. The normalized spacial score (nSPS) is 10.5. The Balaban J connectivity index is 2.50. The lowest BCUT2D eigenvalue weighted by atomic mass is 10.2. The lowest BCUT2D eigenvalue weighted by Crippen LogP contribution is -2.05. The number of rotatable bonds is 3. The third-order valence-corrected chi connectivity index (χ3v) is 2.41. The van der Waals surface area contributed by atoms with Crippen molar-refractivity contribution >= 4 is 23.0 Å². The molecule has 0 saturated carbocycles. The molecule has 0 amide bonds. The Bertz CT molecular complexity index is 712. The molecule has 0 radical (unpaired) electrons. The zero-order chi connectivity index (χ0) is 15.7. The highest BCUT2D eigenvalue weighted by molar-refractivity contribution is 5.62. The molecule has 10 heteroatoms. The first kappa shape index (κ1) is 14.5. The Labute approximate surface area is 114 Å². The summed E-state index contributed by atoms with van der Waals surface area (Å²) in [6, 6.07) is 1.74. The summed E-state index contributed by atoms with van der Waals surface area (Å²) in [5.41, 5.74) is 3.62. The fourth-order valence-electron chi connectivity index (χ4n) is 1.52. The summed E-state index contributed by atoms with van der Waals surface area (Å²) >= 11 is 0. The maximum absolute atomic E-state index is 13.5. The Morgan fingerprint density at radius 1 is 1.10 bits per heavy atom. The summed E-state index contributed by atoms with van der Waals surface area (Å²) in [7, 11) is 0. The Hall–Kier alpha value is -2.91. The molecule has 0 aliphatic carbocycles. The smallest absolute Gasteiger partial charge is 0.276 e. The van der Waals surface area contributed by atoms with Crippen LogP contribution in [0.25, 0.3) is 0 Å². The second-order valence-electron chi connectivity index (χ2n) is 3.86. The van der Waals surface area contributed by atoms with E-state index in [-0.39, 0.29) is 11.9 Å². The van der Waals surface area contributed by atoms with Gasteiger partial charge in [-0.15, -0.1) is 0 Å². The first-order valence-electron chi connectivity index (χ1n) is 5.31. The van der Waals surface area contributed by atoms with Crippen molar-refractivity contribution in [1.29, 1.82) is 0 Å². The van der Waals surface area contributed by atoms with Crippen LogP contribution in [-0.2, 0) is 0 Å². The predicted octanol–water partition coefficient (Wildman–Crippen LogP) is 2.87. The molecule has 0 spiro atoms. The van der Waals surface area contributed by atoms with Gasteiger partial charge in [0.25, 0.3) is 5.69 Å². The van der Waals surface area contributed by atoms with E-state index in [0.29, 0.717) is 0 Å². The molecule has 1 heterocycles. The van der Waals surface area contributed by atoms with Crippen LogP contribution in [0.3, 0.4) is 0 Å². The lowest BCUT2D eigenvalue weighted by molar-refractivity contribution is -0.384. The van der Waals surface area contributed by atoms with Crippen molar-refractivity contribution < 1.29 is 22.5 Å². The molecule has 21 heavy (non-hydrogen) atoms. The second kappa shape index (κ2) is 5.23. The van der Waals surface area contributed by atoms with E-state index in [1.54, 1.807) is 0 Å². The van der Waals surface area contributed by atoms with Gasteiger partial charge in [0.15, 0.2) is 23.3 Å². The molecule has 1 aromatic heterocycles. The lowest BCUT2D eigenvalue weighted by Gasteiger charge is -2.09. The number of halogens is 4. The molecule has 3 N–H and O–H groups in total. The standard InChI is InChI=1S/C11H6F4N4O2/c12-5-3-6(13)10(15)11(9(5)14)18-8-2-4(19(20)21)1-7(16)17-8/h1-3H,(H3,16,17,18). The van der Waals surface area contributed by atoms with Gasteiger partial charge in [-0.3, -0.25) is 10.1 Å². The maximum Gasteiger partial charge on any atom is 0.276 e. The number of pyridine rings is 1.